The van der Waals surface area contributed by atoms with Crippen LogP contribution in [-0.2, 0) is 16.0 Å². The molecule has 4 heteroatoms. The zero-order chi connectivity index (χ0) is 16.7. The smallest absolute Gasteiger partial charge is 0.223 e. The van der Waals surface area contributed by atoms with Crippen molar-refractivity contribution in [3.8, 4) is 0 Å². The van der Waals surface area contributed by atoms with Crippen LogP contribution in [0.2, 0.25) is 0 Å². The molecule has 2 rings (SSSR count). The maximum Gasteiger partial charge on any atom is 0.223 e. The lowest BCUT2D eigenvalue weighted by molar-refractivity contribution is -0.135. The number of likely N-dealkylation sites (tertiary alicyclic amines) is 1. The molecule has 23 heavy (non-hydrogen) atoms. The number of nitrogens with zero attached hydrogens (tertiary/aromatic N) is 1. The minimum atomic E-state index is 0.0719. The number of carbonyl (C=O) groups is 2. The van der Waals surface area contributed by atoms with Gasteiger partial charge in [0.05, 0.1) is 0 Å². The van der Waals surface area contributed by atoms with Gasteiger partial charge in [0.2, 0.25) is 11.8 Å². The van der Waals surface area contributed by atoms with Crippen molar-refractivity contribution in [3.05, 3.63) is 35.4 Å². The zero-order valence-corrected chi connectivity index (χ0v) is 14.3. The van der Waals surface area contributed by atoms with E-state index in [9.17, 15) is 9.59 Å². The number of nitrogens with one attached hydrogen (secondary N) is 1. The Kier molecular flexibility index (Phi) is 6.63. The second-order valence-electron chi connectivity index (χ2n) is 6.43. The maximum atomic E-state index is 12.3. The molecule has 0 spiro atoms. The van der Waals surface area contributed by atoms with Gasteiger partial charge in [-0.05, 0) is 38.2 Å². The first kappa shape index (κ1) is 17.5. The molecule has 1 aliphatic rings. The predicted molar refractivity (Wildman–Crippen MR) is 92.1 cm³/mol. The lowest BCUT2D eigenvalue weighted by Gasteiger charge is -2.31. The van der Waals surface area contributed by atoms with Crippen LogP contribution in [0.15, 0.2) is 24.3 Å². The van der Waals surface area contributed by atoms with E-state index in [1.54, 1.807) is 0 Å². The van der Waals surface area contributed by atoms with Gasteiger partial charge in [-0.15, -0.1) is 0 Å². The Balaban J connectivity index is 1.73. The van der Waals surface area contributed by atoms with Crippen molar-refractivity contribution in [2.45, 2.75) is 46.0 Å². The van der Waals surface area contributed by atoms with Crippen molar-refractivity contribution in [2.24, 2.45) is 5.92 Å². The highest BCUT2D eigenvalue weighted by Gasteiger charge is 2.26. The number of piperidine rings is 1. The van der Waals surface area contributed by atoms with Crippen molar-refractivity contribution in [2.75, 3.05) is 19.6 Å². The number of carbonyl (C=O) groups excluding carboxylic acids is 2. The fourth-order valence-corrected chi connectivity index (χ4v) is 2.95. The largest absolute Gasteiger partial charge is 0.356 e. The predicted octanol–water partition coefficient (Wildman–Crippen LogP) is 2.69. The Morgan fingerprint density at radius 3 is 2.43 bits per heavy atom. The summed E-state index contributed by atoms with van der Waals surface area (Å²) in [5, 5.41) is 2.95. The normalized spacial score (nSPS) is 15.5. The molecule has 0 aromatic heterocycles. The molecule has 1 fully saturated rings. The van der Waals surface area contributed by atoms with Gasteiger partial charge in [-0.2, -0.15) is 0 Å². The van der Waals surface area contributed by atoms with Crippen molar-refractivity contribution in [1.29, 1.82) is 0 Å². The Labute approximate surface area is 139 Å². The third-order valence-corrected chi connectivity index (χ3v) is 4.52. The van der Waals surface area contributed by atoms with E-state index in [1.165, 1.54) is 11.1 Å². The van der Waals surface area contributed by atoms with Crippen molar-refractivity contribution < 1.29 is 9.59 Å². The number of benzene rings is 1. The van der Waals surface area contributed by atoms with Crippen LogP contribution in [-0.4, -0.2) is 36.3 Å². The summed E-state index contributed by atoms with van der Waals surface area (Å²) in [4.78, 5) is 26.2. The van der Waals surface area contributed by atoms with Crippen molar-refractivity contribution >= 4 is 11.8 Å². The first-order chi connectivity index (χ1) is 11.1. The van der Waals surface area contributed by atoms with Crippen molar-refractivity contribution in [1.82, 2.24) is 10.2 Å². The molecule has 0 unspecified atom stereocenters. The first-order valence-corrected chi connectivity index (χ1v) is 8.71. The Morgan fingerprint density at radius 2 is 1.83 bits per heavy atom. The van der Waals surface area contributed by atoms with Gasteiger partial charge in [-0.1, -0.05) is 36.8 Å². The van der Waals surface area contributed by atoms with E-state index in [0.29, 0.717) is 19.5 Å². The van der Waals surface area contributed by atoms with E-state index in [-0.39, 0.29) is 17.7 Å². The zero-order valence-electron chi connectivity index (χ0n) is 14.3. The monoisotopic (exact) mass is 316 g/mol. The maximum absolute atomic E-state index is 12.3. The molecule has 0 saturated carbocycles. The first-order valence-electron chi connectivity index (χ1n) is 8.71. The lowest BCUT2D eigenvalue weighted by Crippen LogP contribution is -2.43. The van der Waals surface area contributed by atoms with E-state index < -0.39 is 0 Å². The molecular weight excluding hydrogens is 288 g/mol. The fourth-order valence-electron chi connectivity index (χ4n) is 2.95. The molecule has 1 heterocycles. The molecule has 1 aromatic carbocycles. The summed E-state index contributed by atoms with van der Waals surface area (Å²) in [5.74, 6) is 0.430. The molecule has 1 N–H and O–H groups in total. The van der Waals surface area contributed by atoms with E-state index >= 15 is 0 Å². The highest BCUT2D eigenvalue weighted by molar-refractivity contribution is 5.80. The summed E-state index contributed by atoms with van der Waals surface area (Å²) in [6.45, 7) is 6.27. The van der Waals surface area contributed by atoms with E-state index in [0.717, 1.165) is 32.2 Å². The minimum Gasteiger partial charge on any atom is -0.356 e. The van der Waals surface area contributed by atoms with E-state index in [2.05, 4.69) is 43.4 Å². The third kappa shape index (κ3) is 5.38. The highest BCUT2D eigenvalue weighted by atomic mass is 16.2. The van der Waals surface area contributed by atoms with Crippen LogP contribution in [0.1, 0.15) is 43.7 Å². The van der Waals surface area contributed by atoms with Gasteiger partial charge in [-0.25, -0.2) is 0 Å². The van der Waals surface area contributed by atoms with Crippen LogP contribution < -0.4 is 5.32 Å². The van der Waals surface area contributed by atoms with Gasteiger partial charge < -0.3 is 10.2 Å². The summed E-state index contributed by atoms with van der Waals surface area (Å²) in [6, 6.07) is 8.35. The van der Waals surface area contributed by atoms with Crippen LogP contribution in [0.4, 0.5) is 0 Å². The van der Waals surface area contributed by atoms with Gasteiger partial charge in [0.25, 0.3) is 0 Å². The SMILES string of the molecule is CCCNC(=O)C1CCN(C(=O)CCc2ccc(C)cc2)CC1. The Bertz CT molecular complexity index is 517. The number of amides is 2. The minimum absolute atomic E-state index is 0.0719. The van der Waals surface area contributed by atoms with E-state index in [1.807, 2.05) is 4.90 Å². The van der Waals surface area contributed by atoms with Crippen LogP contribution in [0, 0.1) is 12.8 Å². The molecule has 0 bridgehead atoms. The second-order valence-corrected chi connectivity index (χ2v) is 6.43. The average molecular weight is 316 g/mol. The number of aryl methyl sites for hydroxylation is 2. The second kappa shape index (κ2) is 8.70. The molecule has 0 aliphatic carbocycles. The molecule has 0 radical (unpaired) electrons. The van der Waals surface area contributed by atoms with Gasteiger partial charge in [0.15, 0.2) is 0 Å². The van der Waals surface area contributed by atoms with Crippen molar-refractivity contribution in [3.63, 3.8) is 0 Å². The summed E-state index contributed by atoms with van der Waals surface area (Å²) in [5.41, 5.74) is 2.45. The average Bonchev–Trinajstić information content (AvgIpc) is 2.59. The molecule has 1 saturated heterocycles. The highest BCUT2D eigenvalue weighted by Crippen LogP contribution is 2.18. The van der Waals surface area contributed by atoms with Crippen LogP contribution in [0.3, 0.4) is 0 Å². The number of hydrogen-bond donors (Lipinski definition) is 1. The van der Waals surface area contributed by atoms with Gasteiger partial charge in [0, 0.05) is 32.0 Å². The molecule has 0 atom stereocenters. The third-order valence-electron chi connectivity index (χ3n) is 4.52. The number of hydrogen-bond acceptors (Lipinski definition) is 2. The van der Waals surface area contributed by atoms with Gasteiger partial charge in [0.1, 0.15) is 0 Å². The molecule has 4 nitrogen and oxygen atoms in total. The summed E-state index contributed by atoms with van der Waals surface area (Å²) in [7, 11) is 0. The molecular formula is C19H28N2O2. The molecule has 126 valence electrons. The molecule has 1 aliphatic heterocycles. The summed E-state index contributed by atoms with van der Waals surface area (Å²) >= 11 is 0. The van der Waals surface area contributed by atoms with Crippen LogP contribution in [0.25, 0.3) is 0 Å². The van der Waals surface area contributed by atoms with Gasteiger partial charge >= 0.3 is 0 Å². The lowest BCUT2D eigenvalue weighted by atomic mass is 9.95. The quantitative estimate of drug-likeness (QED) is 0.877. The molecule has 2 amide bonds. The van der Waals surface area contributed by atoms with Gasteiger partial charge in [-0.3, -0.25) is 9.59 Å². The summed E-state index contributed by atoms with van der Waals surface area (Å²) < 4.78 is 0. The topological polar surface area (TPSA) is 49.4 Å². The van der Waals surface area contributed by atoms with Crippen LogP contribution in [0.5, 0.6) is 0 Å². The Morgan fingerprint density at radius 1 is 1.17 bits per heavy atom. The van der Waals surface area contributed by atoms with Crippen LogP contribution >= 0.6 is 0 Å². The summed E-state index contributed by atoms with van der Waals surface area (Å²) in [6.07, 6.45) is 3.87. The number of rotatable bonds is 6. The van der Waals surface area contributed by atoms with E-state index in [4.69, 9.17) is 0 Å². The standard InChI is InChI=1S/C19H28N2O2/c1-3-12-20-19(23)17-10-13-21(14-11-17)18(22)9-8-16-6-4-15(2)5-7-16/h4-7,17H,3,8-14H2,1-2H3,(H,20,23). The molecule has 1 aromatic rings. The Hall–Kier alpha value is -1.84. The fraction of sp³-hybridized carbons (Fsp3) is 0.579.